The fourth-order valence-electron chi connectivity index (χ4n) is 3.62. The van der Waals surface area contributed by atoms with Gasteiger partial charge >= 0.3 is 0 Å². The maximum Gasteiger partial charge on any atom is 0.259 e. The van der Waals surface area contributed by atoms with E-state index >= 15 is 4.39 Å². The third-order valence-electron chi connectivity index (χ3n) is 5.18. The Kier molecular flexibility index (Phi) is 2.94. The van der Waals surface area contributed by atoms with Crippen molar-refractivity contribution in [1.82, 2.24) is 26.0 Å². The van der Waals surface area contributed by atoms with Crippen molar-refractivity contribution in [3.05, 3.63) is 23.8 Å². The Morgan fingerprint density at radius 2 is 2.09 bits per heavy atom. The lowest BCUT2D eigenvalue weighted by Crippen LogP contribution is -2.57. The number of amides is 1. The van der Waals surface area contributed by atoms with Crippen molar-refractivity contribution >= 4 is 16.9 Å². The van der Waals surface area contributed by atoms with Crippen LogP contribution in [-0.4, -0.2) is 40.1 Å². The molecule has 2 heterocycles. The molecule has 1 aliphatic heterocycles. The lowest BCUT2D eigenvalue weighted by molar-refractivity contribution is -0.143. The van der Waals surface area contributed by atoms with Crippen LogP contribution in [0.3, 0.4) is 0 Å². The molecular weight excluding hydrogens is 285 g/mol. The first-order valence-electron chi connectivity index (χ1n) is 7.60. The van der Waals surface area contributed by atoms with Gasteiger partial charge in [-0.1, -0.05) is 12.5 Å². The highest BCUT2D eigenvalue weighted by molar-refractivity contribution is 5.87. The zero-order chi connectivity index (χ0) is 15.2. The monoisotopic (exact) mass is 303 g/mol. The van der Waals surface area contributed by atoms with Gasteiger partial charge in [0, 0.05) is 25.0 Å². The number of hydrogen-bond acceptors (Lipinski definition) is 4. The van der Waals surface area contributed by atoms with E-state index < -0.39 is 17.0 Å². The second-order valence-corrected chi connectivity index (χ2v) is 6.37. The Labute approximate surface area is 126 Å². The molecule has 1 aromatic heterocycles. The first kappa shape index (κ1) is 13.6. The van der Waals surface area contributed by atoms with Crippen LogP contribution in [0.15, 0.2) is 18.2 Å². The predicted molar refractivity (Wildman–Crippen MR) is 78.7 cm³/mol. The molecule has 2 aromatic rings. The van der Waals surface area contributed by atoms with Gasteiger partial charge in [0.05, 0.1) is 0 Å². The number of alkyl halides is 1. The average Bonchev–Trinajstić information content (AvgIpc) is 3.08. The van der Waals surface area contributed by atoms with Gasteiger partial charge in [-0.2, -0.15) is 15.4 Å². The van der Waals surface area contributed by atoms with Gasteiger partial charge in [0.15, 0.2) is 0 Å². The van der Waals surface area contributed by atoms with E-state index in [-0.39, 0.29) is 6.54 Å². The number of aromatic nitrogens is 3. The van der Waals surface area contributed by atoms with E-state index in [0.717, 1.165) is 35.9 Å². The van der Waals surface area contributed by atoms with Crippen LogP contribution >= 0.6 is 0 Å². The number of halogens is 1. The molecule has 22 heavy (non-hydrogen) atoms. The summed E-state index contributed by atoms with van der Waals surface area (Å²) in [4.78, 5) is 12.4. The molecule has 1 aromatic carbocycles. The summed E-state index contributed by atoms with van der Waals surface area (Å²) in [6.45, 7) is 1.01. The van der Waals surface area contributed by atoms with E-state index in [1.54, 1.807) is 0 Å². The zero-order valence-electron chi connectivity index (χ0n) is 12.2. The molecule has 0 bridgehead atoms. The van der Waals surface area contributed by atoms with Gasteiger partial charge in [0.1, 0.15) is 11.0 Å². The summed E-state index contributed by atoms with van der Waals surface area (Å²) in [6, 6.07) is 5.54. The number of carbonyl (C=O) groups is 1. The van der Waals surface area contributed by atoms with E-state index in [1.165, 1.54) is 0 Å². The van der Waals surface area contributed by atoms with E-state index in [2.05, 4.69) is 26.0 Å². The second kappa shape index (κ2) is 4.74. The standard InChI is InChI=1S/C15H18FN5O/c16-15(9-17-8-14(15)4-1-5-14)13(22)18-7-10-2-3-11-12(6-10)20-21-19-11/h2-3,6,17H,1,4-5,7-9H2,(H,18,22)(H,19,20,21). The van der Waals surface area contributed by atoms with Gasteiger partial charge in [0.25, 0.3) is 5.91 Å². The second-order valence-electron chi connectivity index (χ2n) is 6.37. The number of fused-ring (bicyclic) bond motifs is 1. The summed E-state index contributed by atoms with van der Waals surface area (Å²) < 4.78 is 15.2. The van der Waals surface area contributed by atoms with E-state index in [9.17, 15) is 4.79 Å². The van der Waals surface area contributed by atoms with Gasteiger partial charge < -0.3 is 10.6 Å². The van der Waals surface area contributed by atoms with Crippen molar-refractivity contribution in [3.8, 4) is 0 Å². The van der Waals surface area contributed by atoms with E-state index in [0.29, 0.717) is 13.1 Å². The maximum atomic E-state index is 15.2. The number of nitrogens with zero attached hydrogens (tertiary/aromatic N) is 2. The van der Waals surface area contributed by atoms with Crippen molar-refractivity contribution < 1.29 is 9.18 Å². The molecule has 3 N–H and O–H groups in total. The quantitative estimate of drug-likeness (QED) is 0.791. The lowest BCUT2D eigenvalue weighted by Gasteiger charge is -2.45. The fourth-order valence-corrected chi connectivity index (χ4v) is 3.62. The van der Waals surface area contributed by atoms with Gasteiger partial charge in [-0.3, -0.25) is 4.79 Å². The van der Waals surface area contributed by atoms with Crippen LogP contribution in [0.2, 0.25) is 0 Å². The number of benzene rings is 1. The molecule has 4 rings (SSSR count). The van der Waals surface area contributed by atoms with Crippen molar-refractivity contribution in [2.24, 2.45) is 5.41 Å². The van der Waals surface area contributed by atoms with Crippen molar-refractivity contribution in [2.75, 3.05) is 13.1 Å². The minimum absolute atomic E-state index is 0.112. The predicted octanol–water partition coefficient (Wildman–Crippen LogP) is 1.06. The summed E-state index contributed by atoms with van der Waals surface area (Å²) >= 11 is 0. The molecule has 1 saturated heterocycles. The summed E-state index contributed by atoms with van der Waals surface area (Å²) in [7, 11) is 0. The molecule has 6 nitrogen and oxygen atoms in total. The summed E-state index contributed by atoms with van der Waals surface area (Å²) in [5.74, 6) is -0.502. The molecule has 1 saturated carbocycles. The van der Waals surface area contributed by atoms with Crippen molar-refractivity contribution in [1.29, 1.82) is 0 Å². The lowest BCUT2D eigenvalue weighted by atomic mass is 9.61. The van der Waals surface area contributed by atoms with Crippen molar-refractivity contribution in [2.45, 2.75) is 31.5 Å². The Bertz CT molecular complexity index is 726. The molecule has 116 valence electrons. The maximum absolute atomic E-state index is 15.2. The molecule has 1 atom stereocenters. The van der Waals surface area contributed by atoms with Crippen LogP contribution < -0.4 is 10.6 Å². The van der Waals surface area contributed by atoms with Gasteiger partial charge in [0.2, 0.25) is 5.67 Å². The number of carbonyl (C=O) groups excluding carboxylic acids is 1. The van der Waals surface area contributed by atoms with E-state index in [4.69, 9.17) is 0 Å². The summed E-state index contributed by atoms with van der Waals surface area (Å²) in [5.41, 5.74) is 0.105. The fraction of sp³-hybridized carbons (Fsp3) is 0.533. The Balaban J connectivity index is 1.47. The smallest absolute Gasteiger partial charge is 0.259 e. The normalized spacial score (nSPS) is 26.2. The molecule has 1 spiro atoms. The van der Waals surface area contributed by atoms with Gasteiger partial charge in [-0.25, -0.2) is 4.39 Å². The third kappa shape index (κ3) is 1.85. The largest absolute Gasteiger partial charge is 0.349 e. The first-order chi connectivity index (χ1) is 10.6. The molecule has 7 heteroatoms. The van der Waals surface area contributed by atoms with E-state index in [1.807, 2.05) is 18.2 Å². The molecular formula is C15H18FN5O. The highest BCUT2D eigenvalue weighted by Crippen LogP contribution is 2.53. The zero-order valence-corrected chi connectivity index (χ0v) is 12.2. The third-order valence-corrected chi connectivity index (χ3v) is 5.18. The van der Waals surface area contributed by atoms with Crippen LogP contribution in [0.5, 0.6) is 0 Å². The van der Waals surface area contributed by atoms with Gasteiger partial charge in [-0.15, -0.1) is 0 Å². The number of aromatic amines is 1. The summed E-state index contributed by atoms with van der Waals surface area (Å²) in [5, 5.41) is 16.3. The molecule has 0 radical (unpaired) electrons. The average molecular weight is 303 g/mol. The first-order valence-corrected chi connectivity index (χ1v) is 7.60. The minimum Gasteiger partial charge on any atom is -0.349 e. The molecule has 1 unspecified atom stereocenters. The Morgan fingerprint density at radius 1 is 1.27 bits per heavy atom. The molecule has 2 aliphatic rings. The van der Waals surface area contributed by atoms with Crippen LogP contribution in [0.1, 0.15) is 24.8 Å². The molecule has 1 amide bonds. The molecule has 1 aliphatic carbocycles. The highest BCUT2D eigenvalue weighted by Gasteiger charge is 2.63. The minimum atomic E-state index is -1.79. The van der Waals surface area contributed by atoms with Crippen LogP contribution in [0.4, 0.5) is 4.39 Å². The van der Waals surface area contributed by atoms with Crippen LogP contribution in [0, 0.1) is 5.41 Å². The highest BCUT2D eigenvalue weighted by atomic mass is 19.1. The van der Waals surface area contributed by atoms with Crippen LogP contribution in [-0.2, 0) is 11.3 Å². The Hall–Kier alpha value is -2.02. The number of rotatable bonds is 3. The van der Waals surface area contributed by atoms with Gasteiger partial charge in [-0.05, 0) is 30.5 Å². The number of nitrogens with one attached hydrogen (secondary N) is 3. The molecule has 2 fully saturated rings. The summed E-state index contributed by atoms with van der Waals surface area (Å²) in [6.07, 6.45) is 2.58. The SMILES string of the molecule is O=C(NCc1ccc2n[nH]nc2c1)C1(F)CNCC12CCC2. The number of hydrogen-bond donors (Lipinski definition) is 3. The number of H-pyrrole nitrogens is 1. The van der Waals surface area contributed by atoms with Crippen molar-refractivity contribution in [3.63, 3.8) is 0 Å². The topological polar surface area (TPSA) is 82.7 Å². The Morgan fingerprint density at radius 3 is 2.86 bits per heavy atom. The van der Waals surface area contributed by atoms with Crippen LogP contribution in [0.25, 0.3) is 11.0 Å².